The number of amides is 1. The summed E-state index contributed by atoms with van der Waals surface area (Å²) in [5.41, 5.74) is 0.257. The van der Waals surface area contributed by atoms with Gasteiger partial charge in [-0.3, -0.25) is 4.79 Å². The zero-order valence-corrected chi connectivity index (χ0v) is 14.3. The first-order valence-corrected chi connectivity index (χ1v) is 9.58. The van der Waals surface area contributed by atoms with Crippen LogP contribution >= 0.6 is 0 Å². The van der Waals surface area contributed by atoms with E-state index in [2.05, 4.69) is 0 Å². The molecule has 2 rings (SSSR count). The van der Waals surface area contributed by atoms with Crippen molar-refractivity contribution in [2.75, 3.05) is 26.2 Å². The maximum Gasteiger partial charge on any atom is 0.222 e. The van der Waals surface area contributed by atoms with Crippen molar-refractivity contribution in [2.24, 2.45) is 5.41 Å². The second kappa shape index (κ2) is 6.24. The summed E-state index contributed by atoms with van der Waals surface area (Å²) in [4.78, 5) is 13.7. The summed E-state index contributed by atoms with van der Waals surface area (Å²) in [6, 6.07) is 0. The number of piperidine rings is 2. The first-order valence-electron chi connectivity index (χ1n) is 8.07. The topological polar surface area (TPSA) is 57.7 Å². The van der Waals surface area contributed by atoms with Gasteiger partial charge in [-0.1, -0.05) is 6.92 Å². The van der Waals surface area contributed by atoms with Gasteiger partial charge in [-0.15, -0.1) is 0 Å². The molecule has 0 aromatic carbocycles. The highest BCUT2D eigenvalue weighted by Gasteiger charge is 2.41. The van der Waals surface area contributed by atoms with Crippen LogP contribution in [-0.2, 0) is 14.8 Å². The van der Waals surface area contributed by atoms with Crippen LogP contribution in [0.4, 0.5) is 0 Å². The SMILES string of the molecule is CCC(=O)N1CCC2(CC1)CCN(S(=O)(=O)C(C)C)CC2. The summed E-state index contributed by atoms with van der Waals surface area (Å²) in [6.45, 7) is 8.35. The van der Waals surface area contributed by atoms with Gasteiger partial charge in [-0.05, 0) is 44.9 Å². The van der Waals surface area contributed by atoms with E-state index in [1.165, 1.54) is 0 Å². The molecule has 1 amide bonds. The minimum absolute atomic E-state index is 0.240. The Bertz CT molecular complexity index is 469. The molecular weight excluding hydrogens is 288 g/mol. The standard InChI is InChI=1S/C15H28N2O3S/c1-4-14(18)16-9-5-15(6-10-16)7-11-17(12-8-15)21(19,20)13(2)3/h13H,4-12H2,1-3H3. The molecule has 0 N–H and O–H groups in total. The number of hydrogen-bond donors (Lipinski definition) is 0. The fourth-order valence-electron chi connectivity index (χ4n) is 3.47. The first-order chi connectivity index (χ1) is 9.81. The van der Waals surface area contributed by atoms with E-state index in [0.29, 0.717) is 19.5 Å². The highest BCUT2D eigenvalue weighted by atomic mass is 32.2. The molecular formula is C15H28N2O3S. The van der Waals surface area contributed by atoms with Gasteiger partial charge in [0.25, 0.3) is 0 Å². The van der Waals surface area contributed by atoms with Crippen molar-refractivity contribution >= 4 is 15.9 Å². The minimum atomic E-state index is -3.11. The monoisotopic (exact) mass is 316 g/mol. The molecule has 0 bridgehead atoms. The van der Waals surface area contributed by atoms with Crippen molar-refractivity contribution in [3.63, 3.8) is 0 Å². The zero-order chi connectivity index (χ0) is 15.7. The van der Waals surface area contributed by atoms with E-state index < -0.39 is 10.0 Å². The molecule has 2 aliphatic rings. The number of nitrogens with zero attached hydrogens (tertiary/aromatic N) is 2. The quantitative estimate of drug-likeness (QED) is 0.798. The van der Waals surface area contributed by atoms with Gasteiger partial charge in [0.15, 0.2) is 0 Å². The van der Waals surface area contributed by atoms with E-state index in [-0.39, 0.29) is 16.6 Å². The van der Waals surface area contributed by atoms with E-state index in [4.69, 9.17) is 0 Å². The molecule has 0 radical (unpaired) electrons. The van der Waals surface area contributed by atoms with Crippen LogP contribution in [0, 0.1) is 5.41 Å². The van der Waals surface area contributed by atoms with E-state index in [9.17, 15) is 13.2 Å². The number of hydrogen-bond acceptors (Lipinski definition) is 3. The third kappa shape index (κ3) is 3.42. The molecule has 0 aliphatic carbocycles. The van der Waals surface area contributed by atoms with Crippen molar-refractivity contribution in [1.29, 1.82) is 0 Å². The third-order valence-electron chi connectivity index (χ3n) is 5.22. The van der Waals surface area contributed by atoms with Gasteiger partial charge < -0.3 is 4.90 Å². The highest BCUT2D eigenvalue weighted by Crippen LogP contribution is 2.42. The molecule has 2 heterocycles. The molecule has 5 nitrogen and oxygen atoms in total. The Morgan fingerprint density at radius 1 is 1.05 bits per heavy atom. The molecule has 0 unspecified atom stereocenters. The largest absolute Gasteiger partial charge is 0.343 e. The lowest BCUT2D eigenvalue weighted by atomic mass is 9.71. The summed E-state index contributed by atoms with van der Waals surface area (Å²) in [7, 11) is -3.11. The van der Waals surface area contributed by atoms with Crippen LogP contribution in [0.5, 0.6) is 0 Å². The van der Waals surface area contributed by atoms with Gasteiger partial charge in [-0.2, -0.15) is 0 Å². The van der Waals surface area contributed by atoms with Crippen LogP contribution in [0.15, 0.2) is 0 Å². The Morgan fingerprint density at radius 2 is 1.52 bits per heavy atom. The van der Waals surface area contributed by atoms with Crippen LogP contribution in [0.25, 0.3) is 0 Å². The van der Waals surface area contributed by atoms with Gasteiger partial charge in [0, 0.05) is 32.6 Å². The van der Waals surface area contributed by atoms with Crippen LogP contribution in [-0.4, -0.2) is 55.0 Å². The summed E-state index contributed by atoms with van der Waals surface area (Å²) in [5, 5.41) is -0.337. The highest BCUT2D eigenvalue weighted by molar-refractivity contribution is 7.89. The van der Waals surface area contributed by atoms with Gasteiger partial charge >= 0.3 is 0 Å². The normalized spacial score (nSPS) is 23.7. The second-order valence-corrected chi connectivity index (χ2v) is 9.22. The number of sulfonamides is 1. The Balaban J connectivity index is 1.92. The predicted octanol–water partition coefficient (Wildman–Crippen LogP) is 1.84. The van der Waals surface area contributed by atoms with Gasteiger partial charge in [0.05, 0.1) is 5.25 Å². The molecule has 0 aromatic rings. The lowest BCUT2D eigenvalue weighted by molar-refractivity contribution is -0.133. The lowest BCUT2D eigenvalue weighted by Gasteiger charge is -2.46. The summed E-state index contributed by atoms with van der Waals surface area (Å²) in [5.74, 6) is 0.240. The Kier molecular flexibility index (Phi) is 4.98. The van der Waals surface area contributed by atoms with E-state index in [1.807, 2.05) is 11.8 Å². The van der Waals surface area contributed by atoms with Crippen LogP contribution in [0.3, 0.4) is 0 Å². The Morgan fingerprint density at radius 3 is 1.95 bits per heavy atom. The van der Waals surface area contributed by atoms with Gasteiger partial charge in [0.2, 0.25) is 15.9 Å². The molecule has 0 saturated carbocycles. The Hall–Kier alpha value is -0.620. The molecule has 0 atom stereocenters. The lowest BCUT2D eigenvalue weighted by Crippen LogP contribution is -2.50. The summed E-state index contributed by atoms with van der Waals surface area (Å²) in [6.07, 6.45) is 4.50. The van der Waals surface area contributed by atoms with E-state index in [1.54, 1.807) is 18.2 Å². The fourth-order valence-corrected chi connectivity index (χ4v) is 4.76. The van der Waals surface area contributed by atoms with Crippen molar-refractivity contribution in [3.8, 4) is 0 Å². The second-order valence-electron chi connectivity index (χ2n) is 6.73. The minimum Gasteiger partial charge on any atom is -0.343 e. The smallest absolute Gasteiger partial charge is 0.222 e. The van der Waals surface area contributed by atoms with E-state index >= 15 is 0 Å². The molecule has 122 valence electrons. The van der Waals surface area contributed by atoms with Crippen LogP contribution in [0.1, 0.15) is 52.9 Å². The van der Waals surface area contributed by atoms with Crippen molar-refractivity contribution in [1.82, 2.24) is 9.21 Å². The maximum absolute atomic E-state index is 12.2. The van der Waals surface area contributed by atoms with Crippen molar-refractivity contribution < 1.29 is 13.2 Å². The maximum atomic E-state index is 12.2. The molecule has 2 fully saturated rings. The molecule has 1 spiro atoms. The number of carbonyl (C=O) groups is 1. The molecule has 2 aliphatic heterocycles. The van der Waals surface area contributed by atoms with Crippen LogP contribution < -0.4 is 0 Å². The van der Waals surface area contributed by atoms with Gasteiger partial charge in [0.1, 0.15) is 0 Å². The average molecular weight is 316 g/mol. The predicted molar refractivity (Wildman–Crippen MR) is 83.4 cm³/mol. The fraction of sp³-hybridized carbons (Fsp3) is 0.933. The zero-order valence-electron chi connectivity index (χ0n) is 13.5. The van der Waals surface area contributed by atoms with Gasteiger partial charge in [-0.25, -0.2) is 12.7 Å². The number of likely N-dealkylation sites (tertiary alicyclic amines) is 1. The molecule has 21 heavy (non-hydrogen) atoms. The summed E-state index contributed by atoms with van der Waals surface area (Å²) < 4.78 is 26.1. The van der Waals surface area contributed by atoms with Crippen LogP contribution in [0.2, 0.25) is 0 Å². The third-order valence-corrected chi connectivity index (χ3v) is 7.49. The number of carbonyl (C=O) groups excluding carboxylic acids is 1. The van der Waals surface area contributed by atoms with E-state index in [0.717, 1.165) is 38.8 Å². The first kappa shape index (κ1) is 16.7. The molecule has 6 heteroatoms. The number of rotatable bonds is 3. The van der Waals surface area contributed by atoms with Crippen molar-refractivity contribution in [3.05, 3.63) is 0 Å². The molecule has 2 saturated heterocycles. The molecule has 0 aromatic heterocycles. The van der Waals surface area contributed by atoms with Crippen molar-refractivity contribution in [2.45, 2.75) is 58.1 Å². The summed E-state index contributed by atoms with van der Waals surface area (Å²) >= 11 is 0. The average Bonchev–Trinajstić information content (AvgIpc) is 2.47. The Labute approximate surface area is 128 Å².